The molecule has 1 heterocycles. The molecule has 0 aliphatic carbocycles. The van der Waals surface area contributed by atoms with Gasteiger partial charge in [0.15, 0.2) is 0 Å². The number of hydrogen-bond acceptors (Lipinski definition) is 2. The number of hydrogen-bond donors (Lipinski definition) is 2. The SMILES string of the molecule is CCCC1(C(=O)NCc2ccccc2Cl)CCCNC1. The van der Waals surface area contributed by atoms with E-state index in [2.05, 4.69) is 17.6 Å². The Morgan fingerprint density at radius 3 is 2.90 bits per heavy atom. The number of carbonyl (C=O) groups excluding carboxylic acids is 1. The Bertz CT molecular complexity index is 450. The molecular formula is C16H23ClN2O. The van der Waals surface area contributed by atoms with Crippen molar-refractivity contribution in [1.29, 1.82) is 0 Å². The van der Waals surface area contributed by atoms with Gasteiger partial charge in [-0.1, -0.05) is 43.1 Å². The molecule has 1 aromatic rings. The molecule has 0 radical (unpaired) electrons. The molecule has 1 saturated heterocycles. The normalized spacial score (nSPS) is 22.5. The van der Waals surface area contributed by atoms with E-state index in [0.717, 1.165) is 44.3 Å². The lowest BCUT2D eigenvalue weighted by molar-refractivity contribution is -0.132. The smallest absolute Gasteiger partial charge is 0.227 e. The van der Waals surface area contributed by atoms with Crippen molar-refractivity contribution in [3.63, 3.8) is 0 Å². The predicted octanol–water partition coefficient (Wildman–Crippen LogP) is 3.13. The Labute approximate surface area is 126 Å². The molecule has 1 atom stereocenters. The molecule has 1 amide bonds. The number of piperidine rings is 1. The van der Waals surface area contributed by atoms with E-state index in [1.54, 1.807) is 0 Å². The highest BCUT2D eigenvalue weighted by Gasteiger charge is 2.38. The molecule has 1 aliphatic heterocycles. The van der Waals surface area contributed by atoms with Crippen molar-refractivity contribution in [2.45, 2.75) is 39.2 Å². The molecule has 2 rings (SSSR count). The average molecular weight is 295 g/mol. The molecule has 110 valence electrons. The first-order chi connectivity index (χ1) is 9.68. The van der Waals surface area contributed by atoms with Crippen LogP contribution < -0.4 is 10.6 Å². The molecule has 0 aromatic heterocycles. The Morgan fingerprint density at radius 2 is 2.25 bits per heavy atom. The third-order valence-corrected chi connectivity index (χ3v) is 4.45. The van der Waals surface area contributed by atoms with E-state index in [-0.39, 0.29) is 11.3 Å². The quantitative estimate of drug-likeness (QED) is 0.876. The monoisotopic (exact) mass is 294 g/mol. The maximum Gasteiger partial charge on any atom is 0.227 e. The van der Waals surface area contributed by atoms with E-state index < -0.39 is 0 Å². The van der Waals surface area contributed by atoms with Crippen LogP contribution in [0.3, 0.4) is 0 Å². The van der Waals surface area contributed by atoms with Crippen molar-refractivity contribution in [3.05, 3.63) is 34.9 Å². The number of amides is 1. The van der Waals surface area contributed by atoms with E-state index in [9.17, 15) is 4.79 Å². The zero-order chi connectivity index (χ0) is 14.4. The lowest BCUT2D eigenvalue weighted by Crippen LogP contribution is -2.50. The summed E-state index contributed by atoms with van der Waals surface area (Å²) >= 11 is 6.13. The summed E-state index contributed by atoms with van der Waals surface area (Å²) < 4.78 is 0. The van der Waals surface area contributed by atoms with Gasteiger partial charge in [0.2, 0.25) is 5.91 Å². The Morgan fingerprint density at radius 1 is 1.45 bits per heavy atom. The lowest BCUT2D eigenvalue weighted by atomic mass is 9.76. The average Bonchev–Trinajstić information content (AvgIpc) is 2.47. The Balaban J connectivity index is 2.00. The van der Waals surface area contributed by atoms with Crippen LogP contribution in [0.5, 0.6) is 0 Å². The van der Waals surface area contributed by atoms with Crippen LogP contribution in [0, 0.1) is 5.41 Å². The zero-order valence-electron chi connectivity index (χ0n) is 12.0. The number of benzene rings is 1. The first-order valence-corrected chi connectivity index (χ1v) is 7.78. The maximum atomic E-state index is 12.6. The van der Waals surface area contributed by atoms with Crippen LogP contribution in [0.1, 0.15) is 38.2 Å². The van der Waals surface area contributed by atoms with Gasteiger partial charge in [0, 0.05) is 18.1 Å². The summed E-state index contributed by atoms with van der Waals surface area (Å²) in [4.78, 5) is 12.6. The standard InChI is InChI=1S/C16H23ClN2O/c1-2-8-16(9-5-10-18-12-16)15(20)19-11-13-6-3-4-7-14(13)17/h3-4,6-7,18H,2,5,8-12H2,1H3,(H,19,20). The number of carbonyl (C=O) groups is 1. The molecule has 20 heavy (non-hydrogen) atoms. The van der Waals surface area contributed by atoms with E-state index in [1.165, 1.54) is 0 Å². The lowest BCUT2D eigenvalue weighted by Gasteiger charge is -2.36. The molecule has 2 N–H and O–H groups in total. The van der Waals surface area contributed by atoms with Crippen molar-refractivity contribution < 1.29 is 4.79 Å². The van der Waals surface area contributed by atoms with E-state index >= 15 is 0 Å². The summed E-state index contributed by atoms with van der Waals surface area (Å²) in [5, 5.41) is 7.14. The molecule has 1 aromatic carbocycles. The fourth-order valence-corrected chi connectivity index (χ4v) is 3.17. The minimum absolute atomic E-state index is 0.159. The van der Waals surface area contributed by atoms with Crippen LogP contribution in [-0.4, -0.2) is 19.0 Å². The summed E-state index contributed by atoms with van der Waals surface area (Å²) in [5.74, 6) is 0.159. The van der Waals surface area contributed by atoms with Gasteiger partial charge in [0.1, 0.15) is 0 Å². The highest BCUT2D eigenvalue weighted by atomic mass is 35.5. The van der Waals surface area contributed by atoms with Gasteiger partial charge in [-0.25, -0.2) is 0 Å². The second kappa shape index (κ2) is 7.09. The zero-order valence-corrected chi connectivity index (χ0v) is 12.8. The van der Waals surface area contributed by atoms with Crippen molar-refractivity contribution >= 4 is 17.5 Å². The topological polar surface area (TPSA) is 41.1 Å². The first-order valence-electron chi connectivity index (χ1n) is 7.40. The van der Waals surface area contributed by atoms with Crippen LogP contribution >= 0.6 is 11.6 Å². The second-order valence-corrected chi connectivity index (χ2v) is 5.99. The molecule has 0 saturated carbocycles. The van der Waals surface area contributed by atoms with Crippen LogP contribution in [-0.2, 0) is 11.3 Å². The maximum absolute atomic E-state index is 12.6. The third kappa shape index (κ3) is 3.53. The summed E-state index contributed by atoms with van der Waals surface area (Å²) in [7, 11) is 0. The Kier molecular flexibility index (Phi) is 5.44. The van der Waals surface area contributed by atoms with E-state index in [1.807, 2.05) is 24.3 Å². The highest BCUT2D eigenvalue weighted by Crippen LogP contribution is 2.32. The third-order valence-electron chi connectivity index (χ3n) is 4.08. The summed E-state index contributed by atoms with van der Waals surface area (Å²) in [6.45, 7) is 4.44. The predicted molar refractivity (Wildman–Crippen MR) is 82.7 cm³/mol. The molecule has 0 bridgehead atoms. The fourth-order valence-electron chi connectivity index (χ4n) is 2.97. The van der Waals surface area contributed by atoms with Gasteiger partial charge in [0.25, 0.3) is 0 Å². The van der Waals surface area contributed by atoms with Crippen molar-refractivity contribution in [2.75, 3.05) is 13.1 Å². The number of halogens is 1. The van der Waals surface area contributed by atoms with Crippen LogP contribution in [0.4, 0.5) is 0 Å². The molecule has 1 unspecified atom stereocenters. The first kappa shape index (κ1) is 15.3. The second-order valence-electron chi connectivity index (χ2n) is 5.58. The van der Waals surface area contributed by atoms with Crippen LogP contribution in [0.2, 0.25) is 5.02 Å². The minimum Gasteiger partial charge on any atom is -0.351 e. The summed E-state index contributed by atoms with van der Waals surface area (Å²) in [6, 6.07) is 7.65. The van der Waals surface area contributed by atoms with Crippen molar-refractivity contribution in [2.24, 2.45) is 5.41 Å². The van der Waals surface area contributed by atoms with Gasteiger partial charge in [-0.05, 0) is 37.4 Å². The summed E-state index contributed by atoms with van der Waals surface area (Å²) in [6.07, 6.45) is 4.01. The van der Waals surface area contributed by atoms with Crippen molar-refractivity contribution in [1.82, 2.24) is 10.6 Å². The van der Waals surface area contributed by atoms with E-state index in [0.29, 0.717) is 11.6 Å². The van der Waals surface area contributed by atoms with Gasteiger partial charge in [-0.3, -0.25) is 4.79 Å². The number of rotatable bonds is 5. The van der Waals surface area contributed by atoms with Gasteiger partial charge in [0.05, 0.1) is 5.41 Å². The molecular weight excluding hydrogens is 272 g/mol. The molecule has 3 nitrogen and oxygen atoms in total. The number of nitrogens with one attached hydrogen (secondary N) is 2. The van der Waals surface area contributed by atoms with E-state index in [4.69, 9.17) is 11.6 Å². The fraction of sp³-hybridized carbons (Fsp3) is 0.562. The van der Waals surface area contributed by atoms with Gasteiger partial charge < -0.3 is 10.6 Å². The molecule has 4 heteroatoms. The largest absolute Gasteiger partial charge is 0.351 e. The Hall–Kier alpha value is -1.06. The van der Waals surface area contributed by atoms with Crippen LogP contribution in [0.25, 0.3) is 0 Å². The van der Waals surface area contributed by atoms with Crippen molar-refractivity contribution in [3.8, 4) is 0 Å². The summed E-state index contributed by atoms with van der Waals surface area (Å²) in [5.41, 5.74) is 0.729. The highest BCUT2D eigenvalue weighted by molar-refractivity contribution is 6.31. The van der Waals surface area contributed by atoms with Gasteiger partial charge >= 0.3 is 0 Å². The molecule has 1 fully saturated rings. The molecule has 0 spiro atoms. The van der Waals surface area contributed by atoms with Gasteiger partial charge in [-0.15, -0.1) is 0 Å². The van der Waals surface area contributed by atoms with Gasteiger partial charge in [-0.2, -0.15) is 0 Å². The molecule has 1 aliphatic rings. The minimum atomic E-state index is -0.242. The van der Waals surface area contributed by atoms with Crippen LogP contribution in [0.15, 0.2) is 24.3 Å².